The molecule has 2 rings (SSSR count). The van der Waals surface area contributed by atoms with Crippen LogP contribution < -0.4 is 10.6 Å². The molecule has 2 aromatic rings. The number of anilines is 1. The van der Waals surface area contributed by atoms with Crippen molar-refractivity contribution in [1.29, 1.82) is 0 Å². The molecule has 0 radical (unpaired) electrons. The number of pyridine rings is 1. The molecule has 3 N–H and O–H groups in total. The number of nitrogens with zero attached hydrogens (tertiary/aromatic N) is 2. The average Bonchev–Trinajstić information content (AvgIpc) is 2.44. The molecule has 1 aromatic heterocycles. The molecule has 0 aliphatic carbocycles. The second-order valence-electron chi connectivity index (χ2n) is 6.66. The Labute approximate surface area is 151 Å². The Balaban J connectivity index is 2.39. The van der Waals surface area contributed by atoms with Crippen LogP contribution in [0.25, 0.3) is 0 Å². The molecule has 0 saturated heterocycles. The van der Waals surface area contributed by atoms with E-state index in [4.69, 9.17) is 17.3 Å². The number of benzene rings is 1. The predicted molar refractivity (Wildman–Crippen MR) is 96.8 cm³/mol. The lowest BCUT2D eigenvalue weighted by atomic mass is 10.0. The van der Waals surface area contributed by atoms with Crippen molar-refractivity contribution in [1.82, 2.24) is 4.98 Å². The number of carbonyl (C=O) groups is 2. The van der Waals surface area contributed by atoms with Gasteiger partial charge in [-0.1, -0.05) is 11.6 Å². The number of phenols is 1. The van der Waals surface area contributed by atoms with E-state index in [-0.39, 0.29) is 23.8 Å². The molecule has 1 heterocycles. The monoisotopic (exact) mass is 361 g/mol. The number of primary amides is 1. The van der Waals surface area contributed by atoms with E-state index in [9.17, 15) is 14.7 Å². The Hall–Kier alpha value is -2.60. The van der Waals surface area contributed by atoms with Crippen LogP contribution in [0.1, 0.15) is 36.8 Å². The lowest BCUT2D eigenvalue weighted by Crippen LogP contribution is -2.46. The summed E-state index contributed by atoms with van der Waals surface area (Å²) in [4.78, 5) is 29.8. The summed E-state index contributed by atoms with van der Waals surface area (Å²) < 4.78 is 0. The molecular weight excluding hydrogens is 342 g/mol. The van der Waals surface area contributed by atoms with Crippen LogP contribution in [0, 0.1) is 0 Å². The third-order valence-electron chi connectivity index (χ3n) is 3.47. The van der Waals surface area contributed by atoms with E-state index in [0.717, 1.165) is 0 Å². The van der Waals surface area contributed by atoms with Crippen LogP contribution >= 0.6 is 11.6 Å². The number of hydrogen-bond donors (Lipinski definition) is 2. The molecule has 0 aliphatic heterocycles. The number of phenolic OH excluding ortho intramolecular Hbond substituents is 1. The number of nitrogens with two attached hydrogens (primary N) is 1. The lowest BCUT2D eigenvalue weighted by Gasteiger charge is -2.36. The van der Waals surface area contributed by atoms with Gasteiger partial charge in [0.05, 0.1) is 6.42 Å². The Kier molecular flexibility index (Phi) is 5.33. The SMILES string of the molecule is CC(C)(C)N(C(=O)Cc1cc(O)cc(Cl)c1)c1ccnc(C(N)=O)c1. The molecule has 132 valence electrons. The highest BCUT2D eigenvalue weighted by Crippen LogP contribution is 2.27. The summed E-state index contributed by atoms with van der Waals surface area (Å²) >= 11 is 5.93. The van der Waals surface area contributed by atoms with Crippen LogP contribution in [0.3, 0.4) is 0 Å². The zero-order valence-corrected chi connectivity index (χ0v) is 15.0. The Morgan fingerprint density at radius 3 is 2.48 bits per heavy atom. The number of rotatable bonds is 4. The van der Waals surface area contributed by atoms with E-state index in [1.54, 1.807) is 17.0 Å². The van der Waals surface area contributed by atoms with E-state index in [1.807, 2.05) is 20.8 Å². The summed E-state index contributed by atoms with van der Waals surface area (Å²) in [5.74, 6) is -0.878. The fourth-order valence-corrected chi connectivity index (χ4v) is 2.84. The van der Waals surface area contributed by atoms with Gasteiger partial charge in [-0.05, 0) is 56.7 Å². The molecular formula is C18H20ClN3O3. The highest BCUT2D eigenvalue weighted by Gasteiger charge is 2.28. The summed E-state index contributed by atoms with van der Waals surface area (Å²) in [6.45, 7) is 5.64. The average molecular weight is 362 g/mol. The standard InChI is InChI=1S/C18H20ClN3O3/c1-18(2,3)22(13-4-5-21-15(10-13)17(20)25)16(24)8-11-6-12(19)9-14(23)7-11/h4-7,9-10,23H,8H2,1-3H3,(H2,20,25). The number of hydrogen-bond acceptors (Lipinski definition) is 4. The zero-order valence-electron chi connectivity index (χ0n) is 14.3. The number of carbonyl (C=O) groups excluding carboxylic acids is 2. The number of aromatic nitrogens is 1. The van der Waals surface area contributed by atoms with Gasteiger partial charge in [-0.2, -0.15) is 0 Å². The van der Waals surface area contributed by atoms with E-state index < -0.39 is 11.4 Å². The first-order valence-electron chi connectivity index (χ1n) is 7.65. The molecule has 0 unspecified atom stereocenters. The van der Waals surface area contributed by atoms with E-state index in [0.29, 0.717) is 16.3 Å². The van der Waals surface area contributed by atoms with Crippen LogP contribution in [0.5, 0.6) is 5.75 Å². The van der Waals surface area contributed by atoms with Gasteiger partial charge in [0.2, 0.25) is 5.91 Å². The summed E-state index contributed by atoms with van der Waals surface area (Å²) in [5, 5.41) is 10.0. The lowest BCUT2D eigenvalue weighted by molar-refractivity contribution is -0.118. The molecule has 0 fully saturated rings. The van der Waals surface area contributed by atoms with Gasteiger partial charge in [-0.25, -0.2) is 0 Å². The molecule has 6 nitrogen and oxygen atoms in total. The molecule has 2 amide bonds. The maximum absolute atomic E-state index is 12.9. The summed E-state index contributed by atoms with van der Waals surface area (Å²) in [6.07, 6.45) is 1.48. The number of amides is 2. The van der Waals surface area contributed by atoms with E-state index in [2.05, 4.69) is 4.98 Å². The van der Waals surface area contributed by atoms with Gasteiger partial charge >= 0.3 is 0 Å². The first-order chi connectivity index (χ1) is 11.6. The normalized spacial score (nSPS) is 11.2. The summed E-state index contributed by atoms with van der Waals surface area (Å²) in [7, 11) is 0. The van der Waals surface area contributed by atoms with Gasteiger partial charge in [-0.15, -0.1) is 0 Å². The van der Waals surface area contributed by atoms with Crippen LogP contribution in [0.15, 0.2) is 36.5 Å². The van der Waals surface area contributed by atoms with Crippen molar-refractivity contribution in [3.8, 4) is 5.75 Å². The van der Waals surface area contributed by atoms with Crippen molar-refractivity contribution < 1.29 is 14.7 Å². The van der Waals surface area contributed by atoms with Gasteiger partial charge in [-0.3, -0.25) is 14.6 Å². The van der Waals surface area contributed by atoms with Crippen LogP contribution in [0.2, 0.25) is 5.02 Å². The van der Waals surface area contributed by atoms with Crippen molar-refractivity contribution in [2.45, 2.75) is 32.7 Å². The van der Waals surface area contributed by atoms with Gasteiger partial charge in [0.15, 0.2) is 0 Å². The van der Waals surface area contributed by atoms with Crippen molar-refractivity contribution in [2.24, 2.45) is 5.73 Å². The van der Waals surface area contributed by atoms with Gasteiger partial charge < -0.3 is 15.7 Å². The maximum atomic E-state index is 12.9. The van der Waals surface area contributed by atoms with Crippen molar-refractivity contribution in [2.75, 3.05) is 4.90 Å². The minimum Gasteiger partial charge on any atom is -0.508 e. The first-order valence-corrected chi connectivity index (χ1v) is 8.03. The molecule has 1 aromatic carbocycles. The van der Waals surface area contributed by atoms with Crippen molar-refractivity contribution in [3.63, 3.8) is 0 Å². The minimum atomic E-state index is -0.664. The zero-order chi connectivity index (χ0) is 18.8. The molecule has 0 aliphatic rings. The largest absolute Gasteiger partial charge is 0.508 e. The minimum absolute atomic E-state index is 0.00228. The maximum Gasteiger partial charge on any atom is 0.267 e. The fourth-order valence-electron chi connectivity index (χ4n) is 2.59. The molecule has 0 bridgehead atoms. The van der Waals surface area contributed by atoms with Crippen LogP contribution in [-0.2, 0) is 11.2 Å². The fraction of sp³-hybridized carbons (Fsp3) is 0.278. The van der Waals surface area contributed by atoms with Gasteiger partial charge in [0.25, 0.3) is 5.91 Å². The second kappa shape index (κ2) is 7.11. The smallest absolute Gasteiger partial charge is 0.267 e. The summed E-state index contributed by atoms with van der Waals surface area (Å²) in [5.41, 5.74) is 5.93. The van der Waals surface area contributed by atoms with Crippen molar-refractivity contribution in [3.05, 3.63) is 52.8 Å². The number of halogens is 1. The van der Waals surface area contributed by atoms with Gasteiger partial charge in [0.1, 0.15) is 11.4 Å². The molecule has 0 atom stereocenters. The Bertz CT molecular complexity index is 795. The molecule has 25 heavy (non-hydrogen) atoms. The van der Waals surface area contributed by atoms with Crippen LogP contribution in [0.4, 0.5) is 5.69 Å². The molecule has 7 heteroatoms. The predicted octanol–water partition coefficient (Wildman–Crippen LogP) is 2.91. The number of aromatic hydroxyl groups is 1. The topological polar surface area (TPSA) is 96.5 Å². The van der Waals surface area contributed by atoms with E-state index in [1.165, 1.54) is 24.4 Å². The first kappa shape index (κ1) is 18.7. The Morgan fingerprint density at radius 1 is 1.24 bits per heavy atom. The quantitative estimate of drug-likeness (QED) is 0.874. The second-order valence-corrected chi connectivity index (χ2v) is 7.09. The summed E-state index contributed by atoms with van der Waals surface area (Å²) in [6, 6.07) is 7.65. The van der Waals surface area contributed by atoms with Crippen LogP contribution in [-0.4, -0.2) is 27.4 Å². The highest BCUT2D eigenvalue weighted by molar-refractivity contribution is 6.30. The van der Waals surface area contributed by atoms with E-state index >= 15 is 0 Å². The Morgan fingerprint density at radius 2 is 1.92 bits per heavy atom. The van der Waals surface area contributed by atoms with Crippen molar-refractivity contribution >= 4 is 29.1 Å². The highest BCUT2D eigenvalue weighted by atomic mass is 35.5. The third kappa shape index (κ3) is 4.70. The van der Waals surface area contributed by atoms with Gasteiger partial charge in [0, 0.05) is 22.4 Å². The third-order valence-corrected chi connectivity index (χ3v) is 3.69. The molecule has 0 saturated carbocycles. The molecule has 0 spiro atoms.